The summed E-state index contributed by atoms with van der Waals surface area (Å²) in [5.74, 6) is -0.719. The zero-order valence-corrected chi connectivity index (χ0v) is 18.8. The number of hydrogen-bond donors (Lipinski definition) is 2. The molecule has 3 rings (SSSR count). The Kier molecular flexibility index (Phi) is 6.01. The maximum Gasteiger partial charge on any atom is 0.265 e. The fourth-order valence-corrected chi connectivity index (χ4v) is 5.57. The molecular formula is C18H20N4O5S3. The maximum atomic E-state index is 13.0. The Bertz CT molecular complexity index is 1260. The van der Waals surface area contributed by atoms with Gasteiger partial charge >= 0.3 is 0 Å². The van der Waals surface area contributed by atoms with Gasteiger partial charge in [0.05, 0.1) is 9.77 Å². The van der Waals surface area contributed by atoms with Crippen LogP contribution in [0.4, 0.5) is 5.69 Å². The Balaban J connectivity index is 1.93. The van der Waals surface area contributed by atoms with Gasteiger partial charge in [-0.05, 0) is 49.6 Å². The third-order valence-electron chi connectivity index (χ3n) is 3.97. The molecular weight excluding hydrogens is 448 g/mol. The second-order valence-electron chi connectivity index (χ2n) is 6.68. The third-order valence-corrected chi connectivity index (χ3v) is 7.67. The number of rotatable bonds is 7. The van der Waals surface area contributed by atoms with Gasteiger partial charge in [-0.15, -0.1) is 11.3 Å². The highest BCUT2D eigenvalue weighted by Crippen LogP contribution is 2.31. The minimum atomic E-state index is -4.00. The van der Waals surface area contributed by atoms with Crippen LogP contribution < -0.4 is 9.44 Å². The number of carbonyl (C=O) groups excluding carboxylic acids is 1. The fraction of sp³-hybridized carbons (Fsp3) is 0.222. The number of hydrogen-bond acceptors (Lipinski definition) is 7. The second-order valence-corrected chi connectivity index (χ2v) is 11.0. The Labute approximate surface area is 178 Å². The summed E-state index contributed by atoms with van der Waals surface area (Å²) in [4.78, 5) is 11.6. The molecule has 1 amide bonds. The number of nitrogens with one attached hydrogen (secondary N) is 2. The molecule has 0 saturated carbocycles. The molecule has 160 valence electrons. The molecule has 0 aliphatic carbocycles. The predicted molar refractivity (Wildman–Crippen MR) is 114 cm³/mol. The monoisotopic (exact) mass is 468 g/mol. The molecule has 30 heavy (non-hydrogen) atoms. The molecule has 0 atom stereocenters. The molecule has 2 N–H and O–H groups in total. The lowest BCUT2D eigenvalue weighted by atomic mass is 10.3. The van der Waals surface area contributed by atoms with E-state index in [4.69, 9.17) is 0 Å². The molecule has 2 heterocycles. The standard InChI is InChI=1S/C18H20N4O5S3/c1-12(2)22-11-17(18(19-22)16-5-4-10-28-16)30(26,27)21-14-6-8-15(9-7-14)29(24,25)20-13(3)23/h4-12,21H,1-3H3,(H,20,23). The van der Waals surface area contributed by atoms with Crippen LogP contribution >= 0.6 is 11.3 Å². The van der Waals surface area contributed by atoms with E-state index >= 15 is 0 Å². The van der Waals surface area contributed by atoms with E-state index in [1.54, 1.807) is 10.7 Å². The van der Waals surface area contributed by atoms with E-state index in [0.29, 0.717) is 10.6 Å². The summed E-state index contributed by atoms with van der Waals surface area (Å²) >= 11 is 1.38. The number of anilines is 1. The molecule has 12 heteroatoms. The number of thiophene rings is 1. The Morgan fingerprint density at radius 1 is 1.07 bits per heavy atom. The van der Waals surface area contributed by atoms with Gasteiger partial charge in [-0.2, -0.15) is 5.10 Å². The molecule has 3 aromatic rings. The fourth-order valence-electron chi connectivity index (χ4n) is 2.58. The van der Waals surface area contributed by atoms with E-state index in [1.165, 1.54) is 41.8 Å². The lowest BCUT2D eigenvalue weighted by Crippen LogP contribution is -2.28. The minimum absolute atomic E-state index is 0.0218. The van der Waals surface area contributed by atoms with Crippen molar-refractivity contribution in [3.8, 4) is 10.6 Å². The van der Waals surface area contributed by atoms with Gasteiger partial charge in [0.25, 0.3) is 20.0 Å². The van der Waals surface area contributed by atoms with Crippen molar-refractivity contribution in [3.05, 3.63) is 48.0 Å². The molecule has 9 nitrogen and oxygen atoms in total. The number of benzene rings is 1. The van der Waals surface area contributed by atoms with Crippen LogP contribution in [0.2, 0.25) is 0 Å². The molecule has 0 unspecified atom stereocenters. The van der Waals surface area contributed by atoms with Gasteiger partial charge < -0.3 is 0 Å². The summed E-state index contributed by atoms with van der Waals surface area (Å²) in [6.07, 6.45) is 1.47. The van der Waals surface area contributed by atoms with E-state index < -0.39 is 26.0 Å². The van der Waals surface area contributed by atoms with Gasteiger partial charge in [0.2, 0.25) is 5.91 Å². The smallest absolute Gasteiger partial charge is 0.265 e. The van der Waals surface area contributed by atoms with E-state index in [2.05, 4.69) is 9.82 Å². The van der Waals surface area contributed by atoms with Crippen molar-refractivity contribution in [2.75, 3.05) is 4.72 Å². The van der Waals surface area contributed by atoms with Crippen LogP contribution in [-0.2, 0) is 24.8 Å². The normalized spacial score (nSPS) is 12.1. The highest BCUT2D eigenvalue weighted by atomic mass is 32.2. The molecule has 0 fully saturated rings. The topological polar surface area (TPSA) is 127 Å². The number of amides is 1. The number of nitrogens with zero attached hydrogens (tertiary/aromatic N) is 2. The lowest BCUT2D eigenvalue weighted by molar-refractivity contribution is -0.117. The largest absolute Gasteiger partial charge is 0.280 e. The maximum absolute atomic E-state index is 13.0. The van der Waals surface area contributed by atoms with Crippen molar-refractivity contribution in [2.24, 2.45) is 0 Å². The minimum Gasteiger partial charge on any atom is -0.280 e. The molecule has 0 bridgehead atoms. The summed E-state index contributed by atoms with van der Waals surface area (Å²) in [6.45, 7) is 4.87. The van der Waals surface area contributed by atoms with E-state index in [9.17, 15) is 21.6 Å². The highest BCUT2D eigenvalue weighted by Gasteiger charge is 2.25. The van der Waals surface area contributed by atoms with Crippen molar-refractivity contribution in [2.45, 2.75) is 36.6 Å². The molecule has 1 aromatic carbocycles. The van der Waals surface area contributed by atoms with E-state index in [-0.39, 0.29) is 21.5 Å². The van der Waals surface area contributed by atoms with Crippen molar-refractivity contribution < 1.29 is 21.6 Å². The van der Waals surface area contributed by atoms with Crippen LogP contribution in [0, 0.1) is 0 Å². The van der Waals surface area contributed by atoms with Crippen LogP contribution in [0.3, 0.4) is 0 Å². The molecule has 0 aliphatic rings. The molecule has 2 aromatic heterocycles. The van der Waals surface area contributed by atoms with Crippen LogP contribution in [0.1, 0.15) is 26.8 Å². The van der Waals surface area contributed by atoms with Crippen LogP contribution in [0.5, 0.6) is 0 Å². The highest BCUT2D eigenvalue weighted by molar-refractivity contribution is 7.93. The van der Waals surface area contributed by atoms with Gasteiger partial charge in [0.15, 0.2) is 0 Å². The first-order chi connectivity index (χ1) is 14.0. The first kappa shape index (κ1) is 22.0. The Morgan fingerprint density at radius 3 is 2.27 bits per heavy atom. The molecule has 0 saturated heterocycles. The van der Waals surface area contributed by atoms with E-state index in [0.717, 1.165) is 6.92 Å². The Morgan fingerprint density at radius 2 is 1.73 bits per heavy atom. The first-order valence-electron chi connectivity index (χ1n) is 8.79. The predicted octanol–water partition coefficient (Wildman–Crippen LogP) is 2.82. The quantitative estimate of drug-likeness (QED) is 0.549. The second kappa shape index (κ2) is 8.20. The summed E-state index contributed by atoms with van der Waals surface area (Å²) < 4.78 is 56.0. The van der Waals surface area contributed by atoms with Gasteiger partial charge in [0, 0.05) is 24.8 Å². The SMILES string of the molecule is CC(=O)NS(=O)(=O)c1ccc(NS(=O)(=O)c2cn(C(C)C)nc2-c2cccs2)cc1. The van der Waals surface area contributed by atoms with Crippen molar-refractivity contribution in [3.63, 3.8) is 0 Å². The van der Waals surface area contributed by atoms with Crippen LogP contribution in [0.25, 0.3) is 10.6 Å². The molecule has 0 spiro atoms. The number of carbonyl (C=O) groups is 1. The third kappa shape index (κ3) is 4.71. The number of sulfonamides is 2. The summed E-state index contributed by atoms with van der Waals surface area (Å²) in [6, 6.07) is 8.60. The zero-order valence-electron chi connectivity index (χ0n) is 16.4. The van der Waals surface area contributed by atoms with Crippen LogP contribution in [0.15, 0.2) is 57.8 Å². The molecule has 0 radical (unpaired) electrons. The number of aromatic nitrogens is 2. The van der Waals surface area contributed by atoms with Crippen molar-refractivity contribution >= 4 is 43.0 Å². The first-order valence-corrected chi connectivity index (χ1v) is 12.6. The summed E-state index contributed by atoms with van der Waals surface area (Å²) in [5.41, 5.74) is 0.516. The van der Waals surface area contributed by atoms with E-state index in [1.807, 2.05) is 30.0 Å². The average Bonchev–Trinajstić information content (AvgIpc) is 3.30. The Hall–Kier alpha value is -2.70. The average molecular weight is 469 g/mol. The summed E-state index contributed by atoms with van der Waals surface area (Å²) in [7, 11) is -8.00. The van der Waals surface area contributed by atoms with Gasteiger partial charge in [-0.25, -0.2) is 21.6 Å². The summed E-state index contributed by atoms with van der Waals surface area (Å²) in [5, 5.41) is 6.26. The molecule has 0 aliphatic heterocycles. The van der Waals surface area contributed by atoms with Gasteiger partial charge in [-0.3, -0.25) is 14.2 Å². The zero-order chi connectivity index (χ0) is 22.1. The van der Waals surface area contributed by atoms with Gasteiger partial charge in [0.1, 0.15) is 10.6 Å². The van der Waals surface area contributed by atoms with Crippen LogP contribution in [-0.4, -0.2) is 32.5 Å². The lowest BCUT2D eigenvalue weighted by Gasteiger charge is -2.09. The van der Waals surface area contributed by atoms with Crippen molar-refractivity contribution in [1.29, 1.82) is 0 Å². The van der Waals surface area contributed by atoms with Crippen molar-refractivity contribution in [1.82, 2.24) is 14.5 Å². The van der Waals surface area contributed by atoms with Gasteiger partial charge in [-0.1, -0.05) is 6.07 Å².